The zero-order valence-electron chi connectivity index (χ0n) is 6.11. The van der Waals surface area contributed by atoms with E-state index in [0.29, 0.717) is 6.42 Å². The van der Waals surface area contributed by atoms with Crippen molar-refractivity contribution in [3.8, 4) is 0 Å². The standard InChI is InChI=1S/C7H14FIO/c8-4-2-1-3-6-10-7-5-9/h1-7H2. The highest BCUT2D eigenvalue weighted by Gasteiger charge is 1.88. The Morgan fingerprint density at radius 3 is 2.50 bits per heavy atom. The number of halogens is 2. The maximum Gasteiger partial charge on any atom is 0.0894 e. The molecule has 0 unspecified atom stereocenters. The van der Waals surface area contributed by atoms with Gasteiger partial charge in [-0.25, -0.2) is 0 Å². The molecule has 0 spiro atoms. The number of ether oxygens (including phenoxy) is 1. The van der Waals surface area contributed by atoms with Crippen molar-refractivity contribution in [2.24, 2.45) is 0 Å². The quantitative estimate of drug-likeness (QED) is 0.388. The summed E-state index contributed by atoms with van der Waals surface area (Å²) in [5.74, 6) is 0. The molecule has 0 aromatic rings. The molecule has 0 rings (SSSR count). The lowest BCUT2D eigenvalue weighted by Gasteiger charge is -1.99. The lowest BCUT2D eigenvalue weighted by molar-refractivity contribution is 0.146. The summed E-state index contributed by atoms with van der Waals surface area (Å²) < 4.78 is 17.8. The zero-order chi connectivity index (χ0) is 7.66. The highest BCUT2D eigenvalue weighted by Crippen LogP contribution is 1.96. The largest absolute Gasteiger partial charge is 0.381 e. The van der Waals surface area contributed by atoms with Gasteiger partial charge >= 0.3 is 0 Å². The fraction of sp³-hybridized carbons (Fsp3) is 1.00. The number of hydrogen-bond acceptors (Lipinski definition) is 1. The summed E-state index contributed by atoms with van der Waals surface area (Å²) >= 11 is 2.27. The summed E-state index contributed by atoms with van der Waals surface area (Å²) in [5.41, 5.74) is 0. The number of rotatable bonds is 7. The van der Waals surface area contributed by atoms with E-state index in [9.17, 15) is 4.39 Å². The molecule has 0 saturated carbocycles. The molecule has 0 aliphatic heterocycles. The Hall–Kier alpha value is 0.620. The van der Waals surface area contributed by atoms with E-state index in [1.807, 2.05) is 0 Å². The first kappa shape index (κ1) is 10.6. The number of alkyl halides is 2. The smallest absolute Gasteiger partial charge is 0.0894 e. The fourth-order valence-corrected chi connectivity index (χ4v) is 0.943. The van der Waals surface area contributed by atoms with Crippen LogP contribution in [0.25, 0.3) is 0 Å². The molecule has 0 amide bonds. The molecular weight excluding hydrogens is 246 g/mol. The molecule has 0 saturated heterocycles. The second-order valence-electron chi connectivity index (χ2n) is 2.05. The molecule has 0 atom stereocenters. The summed E-state index contributed by atoms with van der Waals surface area (Å²) in [5, 5.41) is 0. The maximum atomic E-state index is 11.5. The van der Waals surface area contributed by atoms with Crippen LogP contribution in [0.5, 0.6) is 0 Å². The van der Waals surface area contributed by atoms with Gasteiger partial charge < -0.3 is 4.74 Å². The normalized spacial score (nSPS) is 10.2. The average molecular weight is 260 g/mol. The molecule has 0 aromatic heterocycles. The Balaban J connectivity index is 2.65. The molecule has 0 heterocycles. The molecule has 10 heavy (non-hydrogen) atoms. The first-order valence-electron chi connectivity index (χ1n) is 3.61. The molecule has 1 nitrogen and oxygen atoms in total. The molecule has 0 aliphatic rings. The molecule has 62 valence electrons. The van der Waals surface area contributed by atoms with Crippen LogP contribution in [0.2, 0.25) is 0 Å². The summed E-state index contributed by atoms with van der Waals surface area (Å²) in [4.78, 5) is 0. The van der Waals surface area contributed by atoms with Crippen LogP contribution in [-0.2, 0) is 4.74 Å². The summed E-state index contributed by atoms with van der Waals surface area (Å²) in [6.45, 7) is 1.44. The predicted molar refractivity (Wildman–Crippen MR) is 49.5 cm³/mol. The van der Waals surface area contributed by atoms with Crippen LogP contribution in [-0.4, -0.2) is 24.3 Å². The van der Waals surface area contributed by atoms with E-state index in [2.05, 4.69) is 22.6 Å². The first-order chi connectivity index (χ1) is 4.91. The molecule has 0 fully saturated rings. The van der Waals surface area contributed by atoms with Crippen molar-refractivity contribution >= 4 is 22.6 Å². The number of unbranched alkanes of at least 4 members (excludes halogenated alkanes) is 2. The lowest BCUT2D eigenvalue weighted by atomic mass is 10.3. The Bertz CT molecular complexity index is 53.6. The van der Waals surface area contributed by atoms with Crippen molar-refractivity contribution < 1.29 is 9.13 Å². The van der Waals surface area contributed by atoms with E-state index in [-0.39, 0.29) is 6.67 Å². The second kappa shape index (κ2) is 9.62. The van der Waals surface area contributed by atoms with E-state index in [0.717, 1.165) is 30.5 Å². The summed E-state index contributed by atoms with van der Waals surface area (Å²) in [6, 6.07) is 0. The third-order valence-corrected chi connectivity index (χ3v) is 1.58. The van der Waals surface area contributed by atoms with E-state index in [1.54, 1.807) is 0 Å². The van der Waals surface area contributed by atoms with E-state index < -0.39 is 0 Å². The first-order valence-corrected chi connectivity index (χ1v) is 5.14. The van der Waals surface area contributed by atoms with Crippen molar-refractivity contribution in [2.75, 3.05) is 24.3 Å². The van der Waals surface area contributed by atoms with Crippen molar-refractivity contribution in [2.45, 2.75) is 19.3 Å². The van der Waals surface area contributed by atoms with Gasteiger partial charge in [-0.15, -0.1) is 0 Å². The number of hydrogen-bond donors (Lipinski definition) is 0. The van der Waals surface area contributed by atoms with E-state index in [1.165, 1.54) is 0 Å². The van der Waals surface area contributed by atoms with Crippen LogP contribution >= 0.6 is 22.6 Å². The van der Waals surface area contributed by atoms with Gasteiger partial charge in [-0.05, 0) is 19.3 Å². The van der Waals surface area contributed by atoms with Gasteiger partial charge in [0.05, 0.1) is 13.3 Å². The van der Waals surface area contributed by atoms with Gasteiger partial charge in [0.1, 0.15) is 0 Å². The molecule has 3 heteroatoms. The van der Waals surface area contributed by atoms with E-state index >= 15 is 0 Å². The molecule has 0 bridgehead atoms. The molecule has 0 aromatic carbocycles. The lowest BCUT2D eigenvalue weighted by Crippen LogP contribution is -1.97. The third-order valence-electron chi connectivity index (χ3n) is 1.14. The van der Waals surface area contributed by atoms with Crippen LogP contribution in [0.3, 0.4) is 0 Å². The van der Waals surface area contributed by atoms with Gasteiger partial charge in [-0.1, -0.05) is 22.6 Å². The van der Waals surface area contributed by atoms with Crippen molar-refractivity contribution in [3.63, 3.8) is 0 Å². The van der Waals surface area contributed by atoms with Crippen molar-refractivity contribution in [1.29, 1.82) is 0 Å². The summed E-state index contributed by atoms with van der Waals surface area (Å²) in [6.07, 6.45) is 2.64. The Morgan fingerprint density at radius 1 is 1.10 bits per heavy atom. The van der Waals surface area contributed by atoms with Crippen LogP contribution in [0.4, 0.5) is 4.39 Å². The minimum Gasteiger partial charge on any atom is -0.381 e. The maximum absolute atomic E-state index is 11.5. The van der Waals surface area contributed by atoms with E-state index in [4.69, 9.17) is 4.74 Å². The minimum atomic E-state index is -0.188. The average Bonchev–Trinajstić information content (AvgIpc) is 1.97. The SMILES string of the molecule is FCCCCCOCCI. The molecule has 0 N–H and O–H groups in total. The second-order valence-corrected chi connectivity index (χ2v) is 3.13. The Labute approximate surface area is 75.5 Å². The highest BCUT2D eigenvalue weighted by atomic mass is 127. The van der Waals surface area contributed by atoms with Crippen LogP contribution in [0.1, 0.15) is 19.3 Å². The fourth-order valence-electron chi connectivity index (χ4n) is 0.632. The Morgan fingerprint density at radius 2 is 1.90 bits per heavy atom. The minimum absolute atomic E-state index is 0.188. The van der Waals surface area contributed by atoms with Crippen LogP contribution in [0.15, 0.2) is 0 Å². The molecular formula is C7H14FIO. The Kier molecular flexibility index (Phi) is 10.2. The highest BCUT2D eigenvalue weighted by molar-refractivity contribution is 14.1. The van der Waals surface area contributed by atoms with Gasteiger partial charge in [0, 0.05) is 11.0 Å². The van der Waals surface area contributed by atoms with Crippen LogP contribution < -0.4 is 0 Å². The topological polar surface area (TPSA) is 9.23 Å². The van der Waals surface area contributed by atoms with Gasteiger partial charge in [0.2, 0.25) is 0 Å². The van der Waals surface area contributed by atoms with Crippen LogP contribution in [0, 0.1) is 0 Å². The summed E-state index contributed by atoms with van der Waals surface area (Å²) in [7, 11) is 0. The van der Waals surface area contributed by atoms with Gasteiger partial charge in [0.25, 0.3) is 0 Å². The van der Waals surface area contributed by atoms with Crippen molar-refractivity contribution in [3.05, 3.63) is 0 Å². The van der Waals surface area contributed by atoms with Gasteiger partial charge in [-0.3, -0.25) is 4.39 Å². The zero-order valence-corrected chi connectivity index (χ0v) is 8.27. The monoisotopic (exact) mass is 260 g/mol. The van der Waals surface area contributed by atoms with Crippen molar-refractivity contribution in [1.82, 2.24) is 0 Å². The van der Waals surface area contributed by atoms with Gasteiger partial charge in [0.15, 0.2) is 0 Å². The molecule has 0 aliphatic carbocycles. The third kappa shape index (κ3) is 8.62. The predicted octanol–water partition coefficient (Wildman–Crippen LogP) is 2.58. The van der Waals surface area contributed by atoms with Gasteiger partial charge in [-0.2, -0.15) is 0 Å². The molecule has 0 radical (unpaired) electrons.